The molecule has 0 atom stereocenters. The van der Waals surface area contributed by atoms with Crippen LogP contribution in [0.2, 0.25) is 10.0 Å². The van der Waals surface area contributed by atoms with Crippen LogP contribution in [0, 0.1) is 6.92 Å². The number of fused-ring (bicyclic) bond motifs is 1. The normalized spacial score (nSPS) is 10.6. The zero-order valence-electron chi connectivity index (χ0n) is 15.5. The lowest BCUT2D eigenvalue weighted by atomic mass is 10.2. The molecule has 3 aromatic rings. The van der Waals surface area contributed by atoms with Crippen LogP contribution in [-0.2, 0) is 4.79 Å². The molecular weight excluding hydrogens is 403 g/mol. The zero-order chi connectivity index (χ0) is 20.3. The van der Waals surface area contributed by atoms with Crippen molar-refractivity contribution in [2.75, 3.05) is 26.1 Å². The molecule has 1 aromatic heterocycles. The van der Waals surface area contributed by atoms with Crippen molar-refractivity contribution in [1.82, 2.24) is 4.98 Å². The minimum absolute atomic E-state index is 0.271. The van der Waals surface area contributed by atoms with Crippen LogP contribution in [0.1, 0.15) is 5.69 Å². The minimum Gasteiger partial charge on any atom is -0.497 e. The third-order valence-electron chi connectivity index (χ3n) is 4.01. The van der Waals surface area contributed by atoms with Crippen LogP contribution in [-0.4, -0.2) is 31.7 Å². The number of nitrogens with zero attached hydrogens (tertiary/aromatic N) is 1. The molecule has 6 nitrogen and oxygen atoms in total. The van der Waals surface area contributed by atoms with Crippen LogP contribution in [0.3, 0.4) is 0 Å². The second kappa shape index (κ2) is 8.54. The Hall–Kier alpha value is -2.70. The summed E-state index contributed by atoms with van der Waals surface area (Å²) >= 11 is 12.5. The first-order valence-electron chi connectivity index (χ1n) is 8.33. The van der Waals surface area contributed by atoms with E-state index in [-0.39, 0.29) is 11.6 Å². The fourth-order valence-electron chi connectivity index (χ4n) is 2.66. The number of hydrogen-bond donors (Lipinski definition) is 1. The van der Waals surface area contributed by atoms with E-state index in [1.165, 1.54) is 7.11 Å². The molecule has 0 bridgehead atoms. The molecule has 0 unspecified atom stereocenters. The number of amides is 1. The van der Waals surface area contributed by atoms with Crippen molar-refractivity contribution in [3.8, 4) is 17.2 Å². The van der Waals surface area contributed by atoms with Crippen molar-refractivity contribution in [3.63, 3.8) is 0 Å². The van der Waals surface area contributed by atoms with Crippen LogP contribution < -0.4 is 19.5 Å². The molecule has 0 saturated heterocycles. The lowest BCUT2D eigenvalue weighted by Crippen LogP contribution is -2.20. The highest BCUT2D eigenvalue weighted by Crippen LogP contribution is 2.37. The summed E-state index contributed by atoms with van der Waals surface area (Å²) in [6.07, 6.45) is 0. The van der Waals surface area contributed by atoms with Gasteiger partial charge in [0, 0.05) is 17.1 Å². The number of nitrogens with one attached hydrogen (secondary N) is 1. The first-order valence-corrected chi connectivity index (χ1v) is 9.08. The molecule has 0 aliphatic rings. The van der Waals surface area contributed by atoms with E-state index >= 15 is 0 Å². The first kappa shape index (κ1) is 20.0. The number of aryl methyl sites for hydroxylation is 1. The standard InChI is InChI=1S/C20H18Cl2N2O4/c1-11-4-6-13-14(21)9-15(22)20(19(13)23-11)28-10-18(25)24-16-8-12(26-2)5-7-17(16)27-3/h4-9H,10H2,1-3H3,(H,24,25). The highest BCUT2D eigenvalue weighted by molar-refractivity contribution is 6.39. The maximum Gasteiger partial charge on any atom is 0.262 e. The number of carbonyl (C=O) groups is 1. The highest BCUT2D eigenvalue weighted by atomic mass is 35.5. The first-order chi connectivity index (χ1) is 13.4. The Morgan fingerprint density at radius 3 is 2.57 bits per heavy atom. The van der Waals surface area contributed by atoms with Crippen molar-refractivity contribution in [2.24, 2.45) is 0 Å². The third-order valence-corrected chi connectivity index (χ3v) is 4.60. The van der Waals surface area contributed by atoms with Gasteiger partial charge < -0.3 is 19.5 Å². The van der Waals surface area contributed by atoms with E-state index in [0.29, 0.717) is 38.9 Å². The molecule has 0 radical (unpaired) electrons. The van der Waals surface area contributed by atoms with E-state index in [4.69, 9.17) is 37.4 Å². The van der Waals surface area contributed by atoms with E-state index < -0.39 is 5.91 Å². The molecule has 1 heterocycles. The number of rotatable bonds is 6. The molecule has 8 heteroatoms. The zero-order valence-corrected chi connectivity index (χ0v) is 17.0. The van der Waals surface area contributed by atoms with Crippen LogP contribution in [0.5, 0.6) is 17.2 Å². The third kappa shape index (κ3) is 4.24. The van der Waals surface area contributed by atoms with Crippen molar-refractivity contribution >= 4 is 45.7 Å². The van der Waals surface area contributed by atoms with Gasteiger partial charge in [-0.25, -0.2) is 4.98 Å². The van der Waals surface area contributed by atoms with Crippen molar-refractivity contribution in [1.29, 1.82) is 0 Å². The van der Waals surface area contributed by atoms with E-state index in [1.807, 2.05) is 19.1 Å². The summed E-state index contributed by atoms with van der Waals surface area (Å²) in [4.78, 5) is 16.9. The lowest BCUT2D eigenvalue weighted by Gasteiger charge is -2.14. The molecule has 0 aliphatic carbocycles. The Morgan fingerprint density at radius 1 is 1.07 bits per heavy atom. The van der Waals surface area contributed by atoms with Crippen molar-refractivity contribution < 1.29 is 19.0 Å². The van der Waals surface area contributed by atoms with Crippen LogP contribution in [0.15, 0.2) is 36.4 Å². The van der Waals surface area contributed by atoms with Gasteiger partial charge >= 0.3 is 0 Å². The van der Waals surface area contributed by atoms with Crippen molar-refractivity contribution in [2.45, 2.75) is 6.92 Å². The van der Waals surface area contributed by atoms with Crippen molar-refractivity contribution in [3.05, 3.63) is 52.1 Å². The predicted molar refractivity (Wildman–Crippen MR) is 110 cm³/mol. The van der Waals surface area contributed by atoms with Gasteiger partial charge in [0.25, 0.3) is 5.91 Å². The number of aromatic nitrogens is 1. The Kier molecular flexibility index (Phi) is 6.11. The van der Waals surface area contributed by atoms with E-state index in [1.54, 1.807) is 31.4 Å². The summed E-state index contributed by atoms with van der Waals surface area (Å²) in [7, 11) is 3.06. The minimum atomic E-state index is -0.390. The molecule has 0 saturated carbocycles. The van der Waals surface area contributed by atoms with E-state index in [0.717, 1.165) is 5.69 Å². The van der Waals surface area contributed by atoms with Crippen LogP contribution in [0.4, 0.5) is 5.69 Å². The maximum absolute atomic E-state index is 12.4. The van der Waals surface area contributed by atoms with Gasteiger partial charge in [0.2, 0.25) is 0 Å². The molecule has 0 spiro atoms. The largest absolute Gasteiger partial charge is 0.497 e. The quantitative estimate of drug-likeness (QED) is 0.614. The average Bonchev–Trinajstić information content (AvgIpc) is 2.67. The van der Waals surface area contributed by atoms with Gasteiger partial charge in [-0.05, 0) is 37.3 Å². The number of hydrogen-bond acceptors (Lipinski definition) is 5. The fraction of sp³-hybridized carbons (Fsp3) is 0.200. The summed E-state index contributed by atoms with van der Waals surface area (Å²) in [5.74, 6) is 1.00. The van der Waals surface area contributed by atoms with Gasteiger partial charge in [-0.2, -0.15) is 0 Å². The second-order valence-electron chi connectivity index (χ2n) is 5.92. The molecule has 3 rings (SSSR count). The Labute approximate surface area is 172 Å². The monoisotopic (exact) mass is 420 g/mol. The highest BCUT2D eigenvalue weighted by Gasteiger charge is 2.16. The Bertz CT molecular complexity index is 1040. The van der Waals surface area contributed by atoms with E-state index in [2.05, 4.69) is 10.3 Å². The second-order valence-corrected chi connectivity index (χ2v) is 6.74. The van der Waals surface area contributed by atoms with Gasteiger partial charge in [0.1, 0.15) is 17.0 Å². The topological polar surface area (TPSA) is 69.7 Å². The lowest BCUT2D eigenvalue weighted by molar-refractivity contribution is -0.118. The average molecular weight is 421 g/mol. The molecule has 28 heavy (non-hydrogen) atoms. The number of benzene rings is 2. The molecule has 1 N–H and O–H groups in total. The van der Waals surface area contributed by atoms with Gasteiger partial charge in [0.15, 0.2) is 12.4 Å². The molecule has 0 aliphatic heterocycles. The summed E-state index contributed by atoms with van der Waals surface area (Å²) in [6, 6.07) is 10.3. The van der Waals surface area contributed by atoms with E-state index in [9.17, 15) is 4.79 Å². The number of halogens is 2. The van der Waals surface area contributed by atoms with Crippen LogP contribution in [0.25, 0.3) is 10.9 Å². The summed E-state index contributed by atoms with van der Waals surface area (Å²) < 4.78 is 16.1. The SMILES string of the molecule is COc1ccc(OC)c(NC(=O)COc2c(Cl)cc(Cl)c3ccc(C)nc23)c1. The van der Waals surface area contributed by atoms with Gasteiger partial charge in [-0.15, -0.1) is 0 Å². The molecule has 0 fully saturated rings. The summed E-state index contributed by atoms with van der Waals surface area (Å²) in [5, 5.41) is 4.18. The molecule has 1 amide bonds. The number of ether oxygens (including phenoxy) is 3. The maximum atomic E-state index is 12.4. The van der Waals surface area contributed by atoms with Gasteiger partial charge in [-0.3, -0.25) is 4.79 Å². The van der Waals surface area contributed by atoms with Gasteiger partial charge in [0.05, 0.1) is 30.0 Å². The number of anilines is 1. The number of methoxy groups -OCH3 is 2. The Balaban J connectivity index is 1.81. The molecule has 2 aromatic carbocycles. The smallest absolute Gasteiger partial charge is 0.262 e. The van der Waals surface area contributed by atoms with Gasteiger partial charge in [-0.1, -0.05) is 23.2 Å². The predicted octanol–water partition coefficient (Wildman–Crippen LogP) is 4.88. The Morgan fingerprint density at radius 2 is 1.86 bits per heavy atom. The van der Waals surface area contributed by atoms with Crippen LogP contribution >= 0.6 is 23.2 Å². The number of pyridine rings is 1. The summed E-state index contributed by atoms with van der Waals surface area (Å²) in [5.41, 5.74) is 1.75. The number of carbonyl (C=O) groups excluding carboxylic acids is 1. The summed E-state index contributed by atoms with van der Waals surface area (Å²) in [6.45, 7) is 1.58. The molecule has 146 valence electrons. The molecular formula is C20H18Cl2N2O4. The fourth-order valence-corrected chi connectivity index (χ4v) is 3.23.